The molecule has 1 aliphatic heterocycles. The quantitative estimate of drug-likeness (QED) is 0.833. The number of ether oxygens (including phenoxy) is 3. The van der Waals surface area contributed by atoms with Crippen LogP contribution in [0.1, 0.15) is 24.8 Å². The molecule has 2 aliphatic rings. The van der Waals surface area contributed by atoms with E-state index in [-0.39, 0.29) is 5.79 Å². The molecule has 1 fully saturated rings. The summed E-state index contributed by atoms with van der Waals surface area (Å²) in [4.78, 5) is 0. The number of methoxy groups -OCH3 is 1. The Morgan fingerprint density at radius 3 is 2.50 bits per heavy atom. The molecular weight excluding hydrogens is 276 g/mol. The molecule has 0 radical (unpaired) electrons. The first-order valence-electron chi connectivity index (χ1n) is 7.83. The van der Waals surface area contributed by atoms with Crippen LogP contribution in [-0.4, -0.2) is 26.1 Å². The molecule has 2 aromatic carbocycles. The van der Waals surface area contributed by atoms with Crippen LogP contribution < -0.4 is 4.74 Å². The minimum Gasteiger partial charge on any atom is -0.497 e. The van der Waals surface area contributed by atoms with E-state index in [9.17, 15) is 0 Å². The molecule has 2 aromatic rings. The molecule has 114 valence electrons. The Balaban J connectivity index is 1.63. The van der Waals surface area contributed by atoms with Crippen LogP contribution in [-0.2, 0) is 9.47 Å². The van der Waals surface area contributed by atoms with Gasteiger partial charge in [-0.25, -0.2) is 0 Å². The summed E-state index contributed by atoms with van der Waals surface area (Å²) in [5.41, 5.74) is 2.69. The molecule has 0 aromatic heterocycles. The normalized spacial score (nSPS) is 20.3. The number of hydrogen-bond donors (Lipinski definition) is 0. The number of fused-ring (bicyclic) bond motifs is 1. The van der Waals surface area contributed by atoms with Gasteiger partial charge in [-0.2, -0.15) is 0 Å². The molecule has 1 heterocycles. The van der Waals surface area contributed by atoms with E-state index < -0.39 is 0 Å². The number of rotatable bonds is 2. The zero-order chi connectivity index (χ0) is 15.0. The molecule has 4 rings (SSSR count). The number of allylic oxidation sites excluding steroid dienone is 1. The summed E-state index contributed by atoms with van der Waals surface area (Å²) >= 11 is 0. The van der Waals surface area contributed by atoms with Crippen LogP contribution >= 0.6 is 0 Å². The van der Waals surface area contributed by atoms with Gasteiger partial charge in [-0.3, -0.25) is 0 Å². The van der Waals surface area contributed by atoms with Crippen LogP contribution in [0.2, 0.25) is 0 Å². The van der Waals surface area contributed by atoms with E-state index in [4.69, 9.17) is 14.2 Å². The van der Waals surface area contributed by atoms with Crippen LogP contribution in [0, 0.1) is 0 Å². The van der Waals surface area contributed by atoms with Gasteiger partial charge in [0, 0.05) is 12.8 Å². The highest BCUT2D eigenvalue weighted by atomic mass is 16.7. The lowest BCUT2D eigenvalue weighted by Crippen LogP contribution is -2.31. The first kappa shape index (κ1) is 13.8. The number of benzene rings is 2. The highest BCUT2D eigenvalue weighted by molar-refractivity contribution is 5.87. The van der Waals surface area contributed by atoms with Crippen molar-refractivity contribution in [2.45, 2.75) is 25.0 Å². The SMILES string of the molecule is COc1ccc2cc(C3=CCC4(CC3)OCCO4)ccc2c1. The lowest BCUT2D eigenvalue weighted by atomic mass is 9.89. The highest BCUT2D eigenvalue weighted by Crippen LogP contribution is 2.38. The van der Waals surface area contributed by atoms with E-state index in [1.807, 2.05) is 6.07 Å². The molecule has 0 bridgehead atoms. The molecule has 3 nitrogen and oxygen atoms in total. The molecule has 0 unspecified atom stereocenters. The van der Waals surface area contributed by atoms with Crippen molar-refractivity contribution >= 4 is 16.3 Å². The summed E-state index contributed by atoms with van der Waals surface area (Å²) in [6.07, 6.45) is 5.07. The van der Waals surface area contributed by atoms with Gasteiger partial charge in [-0.1, -0.05) is 24.3 Å². The maximum absolute atomic E-state index is 5.78. The third-order valence-electron chi connectivity index (χ3n) is 4.67. The van der Waals surface area contributed by atoms with Crippen LogP contribution in [0.5, 0.6) is 5.75 Å². The van der Waals surface area contributed by atoms with Gasteiger partial charge in [0.2, 0.25) is 0 Å². The van der Waals surface area contributed by atoms with Gasteiger partial charge < -0.3 is 14.2 Å². The van der Waals surface area contributed by atoms with Gasteiger partial charge in [0.05, 0.1) is 20.3 Å². The molecule has 0 amide bonds. The molecule has 0 N–H and O–H groups in total. The zero-order valence-corrected chi connectivity index (χ0v) is 12.8. The minimum atomic E-state index is -0.340. The summed E-state index contributed by atoms with van der Waals surface area (Å²) < 4.78 is 16.8. The molecule has 1 saturated heterocycles. The van der Waals surface area contributed by atoms with E-state index in [0.29, 0.717) is 0 Å². The Kier molecular flexibility index (Phi) is 3.40. The lowest BCUT2D eigenvalue weighted by molar-refractivity contribution is -0.159. The van der Waals surface area contributed by atoms with Gasteiger partial charge in [0.25, 0.3) is 0 Å². The number of hydrogen-bond acceptors (Lipinski definition) is 3. The van der Waals surface area contributed by atoms with Crippen LogP contribution in [0.15, 0.2) is 42.5 Å². The smallest absolute Gasteiger partial charge is 0.172 e. The zero-order valence-electron chi connectivity index (χ0n) is 12.8. The molecule has 22 heavy (non-hydrogen) atoms. The van der Waals surface area contributed by atoms with Crippen LogP contribution in [0.3, 0.4) is 0 Å². The van der Waals surface area contributed by atoms with E-state index >= 15 is 0 Å². The lowest BCUT2D eigenvalue weighted by Gasteiger charge is -2.30. The average Bonchev–Trinajstić information content (AvgIpc) is 3.03. The first-order chi connectivity index (χ1) is 10.8. The van der Waals surface area contributed by atoms with Crippen molar-refractivity contribution in [2.24, 2.45) is 0 Å². The Morgan fingerprint density at radius 2 is 1.77 bits per heavy atom. The van der Waals surface area contributed by atoms with E-state index in [0.717, 1.165) is 38.2 Å². The third kappa shape index (κ3) is 2.40. The molecule has 0 atom stereocenters. The summed E-state index contributed by atoms with van der Waals surface area (Å²) in [5.74, 6) is 0.558. The van der Waals surface area contributed by atoms with Crippen molar-refractivity contribution in [2.75, 3.05) is 20.3 Å². The second-order valence-electron chi connectivity index (χ2n) is 5.97. The topological polar surface area (TPSA) is 27.7 Å². The van der Waals surface area contributed by atoms with Gasteiger partial charge in [0.1, 0.15) is 5.75 Å². The standard InChI is InChI=1S/C19H20O3/c1-20-18-5-4-16-12-15(2-3-17(16)13-18)14-6-8-19(9-7-14)21-10-11-22-19/h2-6,12-13H,7-11H2,1H3. The Morgan fingerprint density at radius 1 is 1.00 bits per heavy atom. The fraction of sp³-hybridized carbons (Fsp3) is 0.368. The second-order valence-corrected chi connectivity index (χ2v) is 5.97. The Bertz CT molecular complexity index is 727. The summed E-state index contributed by atoms with van der Waals surface area (Å²) in [6, 6.07) is 12.8. The Hall–Kier alpha value is -1.84. The van der Waals surface area contributed by atoms with E-state index in [1.54, 1.807) is 7.11 Å². The van der Waals surface area contributed by atoms with Gasteiger partial charge in [0.15, 0.2) is 5.79 Å². The minimum absolute atomic E-state index is 0.340. The van der Waals surface area contributed by atoms with Crippen molar-refractivity contribution in [3.63, 3.8) is 0 Å². The molecule has 1 spiro atoms. The molecule has 3 heteroatoms. The summed E-state index contributed by atoms with van der Waals surface area (Å²) in [7, 11) is 1.70. The fourth-order valence-corrected chi connectivity index (χ4v) is 3.38. The van der Waals surface area contributed by atoms with Crippen LogP contribution in [0.25, 0.3) is 16.3 Å². The van der Waals surface area contributed by atoms with Gasteiger partial charge in [-0.15, -0.1) is 0 Å². The second kappa shape index (κ2) is 5.41. The first-order valence-corrected chi connectivity index (χ1v) is 7.83. The Labute approximate surface area is 130 Å². The van der Waals surface area contributed by atoms with E-state index in [2.05, 4.69) is 36.4 Å². The molecular formula is C19H20O3. The largest absolute Gasteiger partial charge is 0.497 e. The maximum Gasteiger partial charge on any atom is 0.172 e. The van der Waals surface area contributed by atoms with Gasteiger partial charge >= 0.3 is 0 Å². The van der Waals surface area contributed by atoms with Crippen LogP contribution in [0.4, 0.5) is 0 Å². The summed E-state index contributed by atoms with van der Waals surface area (Å²) in [5, 5.41) is 2.45. The van der Waals surface area contributed by atoms with Crippen molar-refractivity contribution in [1.29, 1.82) is 0 Å². The predicted octanol–water partition coefficient (Wildman–Crippen LogP) is 4.16. The van der Waals surface area contributed by atoms with Crippen molar-refractivity contribution in [1.82, 2.24) is 0 Å². The molecule has 0 saturated carbocycles. The predicted molar refractivity (Wildman–Crippen MR) is 87.0 cm³/mol. The third-order valence-corrected chi connectivity index (χ3v) is 4.67. The summed E-state index contributed by atoms with van der Waals surface area (Å²) in [6.45, 7) is 1.45. The average molecular weight is 296 g/mol. The van der Waals surface area contributed by atoms with Gasteiger partial charge in [-0.05, 0) is 46.5 Å². The van der Waals surface area contributed by atoms with Crippen molar-refractivity contribution in [3.05, 3.63) is 48.0 Å². The van der Waals surface area contributed by atoms with E-state index in [1.165, 1.54) is 21.9 Å². The highest BCUT2D eigenvalue weighted by Gasteiger charge is 2.37. The maximum atomic E-state index is 5.78. The fourth-order valence-electron chi connectivity index (χ4n) is 3.38. The molecule has 1 aliphatic carbocycles. The van der Waals surface area contributed by atoms with Crippen molar-refractivity contribution in [3.8, 4) is 5.75 Å². The van der Waals surface area contributed by atoms with Crippen molar-refractivity contribution < 1.29 is 14.2 Å². The monoisotopic (exact) mass is 296 g/mol.